The molecule has 0 radical (unpaired) electrons. The van der Waals surface area contributed by atoms with E-state index in [2.05, 4.69) is 32.6 Å². The van der Waals surface area contributed by atoms with Gasteiger partial charge >= 0.3 is 0 Å². The van der Waals surface area contributed by atoms with Crippen LogP contribution in [0.3, 0.4) is 0 Å². The van der Waals surface area contributed by atoms with Gasteiger partial charge in [0.15, 0.2) is 0 Å². The Morgan fingerprint density at radius 1 is 1.17 bits per heavy atom. The summed E-state index contributed by atoms with van der Waals surface area (Å²) in [4.78, 5) is 2.59. The Morgan fingerprint density at radius 3 is 2.00 bits per heavy atom. The monoisotopic (exact) mass is 169 g/mol. The first kappa shape index (κ1) is 10.0. The summed E-state index contributed by atoms with van der Waals surface area (Å²) in [5.41, 5.74) is 0.689. The third-order valence-electron chi connectivity index (χ3n) is 3.24. The molecule has 1 saturated heterocycles. The lowest BCUT2D eigenvalue weighted by molar-refractivity contribution is -0.0130. The molecule has 1 heterocycles. The highest BCUT2D eigenvalue weighted by atomic mass is 15.2. The molecule has 0 atom stereocenters. The van der Waals surface area contributed by atoms with Crippen molar-refractivity contribution in [1.29, 1.82) is 0 Å². The molecule has 1 rings (SSSR count). The van der Waals surface area contributed by atoms with Gasteiger partial charge in [-0.1, -0.05) is 27.7 Å². The fourth-order valence-electron chi connectivity index (χ4n) is 2.25. The van der Waals surface area contributed by atoms with Crippen LogP contribution in [0.4, 0.5) is 0 Å². The van der Waals surface area contributed by atoms with Crippen LogP contribution in [0, 0.1) is 11.3 Å². The smallest absolute Gasteiger partial charge is 0.00504 e. The van der Waals surface area contributed by atoms with Crippen molar-refractivity contribution in [2.24, 2.45) is 11.3 Å². The number of rotatable bonds is 4. The topological polar surface area (TPSA) is 3.24 Å². The number of likely N-dealkylation sites (tertiary alicyclic amines) is 1. The third-order valence-corrected chi connectivity index (χ3v) is 3.24. The number of nitrogens with zero attached hydrogens (tertiary/aromatic N) is 1. The van der Waals surface area contributed by atoms with Crippen LogP contribution in [0.1, 0.15) is 40.5 Å². The summed E-state index contributed by atoms with van der Waals surface area (Å²) >= 11 is 0. The molecule has 0 unspecified atom stereocenters. The highest BCUT2D eigenvalue weighted by molar-refractivity contribution is 4.92. The first-order valence-corrected chi connectivity index (χ1v) is 5.34. The minimum Gasteiger partial charge on any atom is -0.302 e. The Labute approximate surface area is 77.1 Å². The molecule has 12 heavy (non-hydrogen) atoms. The summed E-state index contributed by atoms with van der Waals surface area (Å²) in [7, 11) is 0. The Morgan fingerprint density at radius 2 is 1.67 bits per heavy atom. The lowest BCUT2D eigenvalue weighted by Crippen LogP contribution is -2.56. The number of hydrogen-bond donors (Lipinski definition) is 0. The maximum absolute atomic E-state index is 2.59. The molecule has 0 amide bonds. The van der Waals surface area contributed by atoms with Gasteiger partial charge in [0.05, 0.1) is 0 Å². The zero-order chi connectivity index (χ0) is 9.19. The molecule has 0 saturated carbocycles. The Balaban J connectivity index is 2.25. The van der Waals surface area contributed by atoms with Crippen molar-refractivity contribution in [3.8, 4) is 0 Å². The van der Waals surface area contributed by atoms with E-state index in [0.717, 1.165) is 5.92 Å². The molecule has 1 fully saturated rings. The molecule has 0 aromatic rings. The van der Waals surface area contributed by atoms with E-state index in [1.807, 2.05) is 0 Å². The minimum atomic E-state index is 0.689. The summed E-state index contributed by atoms with van der Waals surface area (Å²) in [5.74, 6) is 0.830. The second-order valence-electron chi connectivity index (χ2n) is 4.77. The van der Waals surface area contributed by atoms with Gasteiger partial charge in [-0.2, -0.15) is 0 Å². The van der Waals surface area contributed by atoms with Crippen LogP contribution in [0.15, 0.2) is 0 Å². The second kappa shape index (κ2) is 3.78. The second-order valence-corrected chi connectivity index (χ2v) is 4.77. The highest BCUT2D eigenvalue weighted by Gasteiger charge is 2.39. The van der Waals surface area contributed by atoms with Gasteiger partial charge in [0.25, 0.3) is 0 Å². The molecule has 0 spiro atoms. The van der Waals surface area contributed by atoms with E-state index < -0.39 is 0 Å². The first-order valence-electron chi connectivity index (χ1n) is 5.34. The standard InChI is InChI=1S/C11H23N/c1-5-11(6-2)8-12(9-11)7-10(3)4/h10H,5-9H2,1-4H3. The average Bonchev–Trinajstić information content (AvgIpc) is 1.95. The van der Waals surface area contributed by atoms with Gasteiger partial charge < -0.3 is 4.90 Å². The predicted octanol–water partition coefficient (Wildman–Crippen LogP) is 2.76. The fourth-order valence-corrected chi connectivity index (χ4v) is 2.25. The van der Waals surface area contributed by atoms with E-state index >= 15 is 0 Å². The third kappa shape index (κ3) is 2.01. The lowest BCUT2D eigenvalue weighted by Gasteiger charge is -2.50. The van der Waals surface area contributed by atoms with Crippen LogP contribution in [-0.2, 0) is 0 Å². The van der Waals surface area contributed by atoms with Gasteiger partial charge in [-0.05, 0) is 24.2 Å². The molecular weight excluding hydrogens is 146 g/mol. The molecule has 72 valence electrons. The predicted molar refractivity (Wildman–Crippen MR) is 54.3 cm³/mol. The molecule has 1 heteroatoms. The lowest BCUT2D eigenvalue weighted by atomic mass is 9.75. The molecule has 0 bridgehead atoms. The molecule has 0 aromatic heterocycles. The van der Waals surface area contributed by atoms with Crippen LogP contribution in [0.5, 0.6) is 0 Å². The van der Waals surface area contributed by atoms with E-state index in [-0.39, 0.29) is 0 Å². The maximum Gasteiger partial charge on any atom is 0.00504 e. The Bertz CT molecular complexity index is 128. The van der Waals surface area contributed by atoms with Crippen molar-refractivity contribution in [3.63, 3.8) is 0 Å². The van der Waals surface area contributed by atoms with E-state index in [9.17, 15) is 0 Å². The van der Waals surface area contributed by atoms with Gasteiger partial charge in [0.1, 0.15) is 0 Å². The molecule has 0 N–H and O–H groups in total. The van der Waals surface area contributed by atoms with E-state index in [0.29, 0.717) is 5.41 Å². The van der Waals surface area contributed by atoms with Crippen molar-refractivity contribution < 1.29 is 0 Å². The van der Waals surface area contributed by atoms with Crippen LogP contribution >= 0.6 is 0 Å². The Kier molecular flexibility index (Phi) is 3.16. The molecule has 0 aromatic carbocycles. The van der Waals surface area contributed by atoms with Crippen molar-refractivity contribution in [3.05, 3.63) is 0 Å². The number of hydrogen-bond acceptors (Lipinski definition) is 1. The van der Waals surface area contributed by atoms with Gasteiger partial charge in [-0.3, -0.25) is 0 Å². The molecule has 1 nitrogen and oxygen atoms in total. The quantitative estimate of drug-likeness (QED) is 0.625. The van der Waals surface area contributed by atoms with Crippen LogP contribution in [-0.4, -0.2) is 24.5 Å². The molecule has 0 aliphatic carbocycles. The molecular formula is C11H23N. The summed E-state index contributed by atoms with van der Waals surface area (Å²) < 4.78 is 0. The van der Waals surface area contributed by atoms with Gasteiger partial charge in [0.2, 0.25) is 0 Å². The minimum absolute atomic E-state index is 0.689. The summed E-state index contributed by atoms with van der Waals surface area (Å²) in [6.07, 6.45) is 2.72. The summed E-state index contributed by atoms with van der Waals surface area (Å²) in [6.45, 7) is 13.3. The van der Waals surface area contributed by atoms with Crippen molar-refractivity contribution in [2.45, 2.75) is 40.5 Å². The van der Waals surface area contributed by atoms with Gasteiger partial charge in [-0.15, -0.1) is 0 Å². The largest absolute Gasteiger partial charge is 0.302 e. The van der Waals surface area contributed by atoms with Crippen LogP contribution < -0.4 is 0 Å². The van der Waals surface area contributed by atoms with Crippen LogP contribution in [0.25, 0.3) is 0 Å². The van der Waals surface area contributed by atoms with Crippen molar-refractivity contribution in [1.82, 2.24) is 4.90 Å². The van der Waals surface area contributed by atoms with E-state index in [1.165, 1.54) is 32.5 Å². The van der Waals surface area contributed by atoms with Crippen molar-refractivity contribution in [2.75, 3.05) is 19.6 Å². The summed E-state index contributed by atoms with van der Waals surface area (Å²) in [6, 6.07) is 0. The molecule has 1 aliphatic heterocycles. The highest BCUT2D eigenvalue weighted by Crippen LogP contribution is 2.37. The maximum atomic E-state index is 2.59. The zero-order valence-corrected chi connectivity index (χ0v) is 9.06. The fraction of sp³-hybridized carbons (Fsp3) is 1.00. The van der Waals surface area contributed by atoms with Gasteiger partial charge in [-0.25, -0.2) is 0 Å². The normalized spacial score (nSPS) is 22.8. The SMILES string of the molecule is CCC1(CC)CN(CC(C)C)C1. The van der Waals surface area contributed by atoms with Crippen molar-refractivity contribution >= 4 is 0 Å². The first-order chi connectivity index (χ1) is 5.62. The average molecular weight is 169 g/mol. The zero-order valence-electron chi connectivity index (χ0n) is 9.06. The van der Waals surface area contributed by atoms with Crippen LogP contribution in [0.2, 0.25) is 0 Å². The van der Waals surface area contributed by atoms with Gasteiger partial charge in [0, 0.05) is 19.6 Å². The summed E-state index contributed by atoms with van der Waals surface area (Å²) in [5, 5.41) is 0. The Hall–Kier alpha value is -0.0400. The molecule has 1 aliphatic rings. The van der Waals surface area contributed by atoms with E-state index in [1.54, 1.807) is 0 Å². The van der Waals surface area contributed by atoms with E-state index in [4.69, 9.17) is 0 Å².